The average molecular weight is 291 g/mol. The van der Waals surface area contributed by atoms with Gasteiger partial charge in [-0.3, -0.25) is 4.79 Å². The first kappa shape index (κ1) is 15.5. The Hall–Kier alpha value is -1.85. The second-order valence-electron chi connectivity index (χ2n) is 5.16. The fourth-order valence-corrected chi connectivity index (χ4v) is 2.16. The van der Waals surface area contributed by atoms with Gasteiger partial charge in [-0.05, 0) is 23.8 Å². The molecule has 1 aromatic carbocycles. The van der Waals surface area contributed by atoms with Crippen LogP contribution in [0.3, 0.4) is 0 Å². The highest BCUT2D eigenvalue weighted by molar-refractivity contribution is 5.91. The minimum Gasteiger partial charge on any atom is -0.497 e. The van der Waals surface area contributed by atoms with Gasteiger partial charge in [-0.2, -0.15) is 0 Å². The molecule has 21 heavy (non-hydrogen) atoms. The van der Waals surface area contributed by atoms with E-state index in [1.54, 1.807) is 13.2 Å². The van der Waals surface area contributed by atoms with Gasteiger partial charge in [0.2, 0.25) is 5.91 Å². The van der Waals surface area contributed by atoms with Crippen LogP contribution >= 0.6 is 0 Å². The number of hydrogen-bond donors (Lipinski definition) is 2. The van der Waals surface area contributed by atoms with Crippen LogP contribution in [-0.2, 0) is 9.53 Å². The SMILES string of the molecule is COc1cccc(/C=C/C(=O)NCC2(O)CCOCC2)c1. The standard InChI is InChI=1S/C16H21NO4/c1-20-14-4-2-3-13(11-14)5-6-15(18)17-12-16(19)7-9-21-10-8-16/h2-6,11,19H,7-10,12H2,1H3,(H,17,18)/b6-5+. The van der Waals surface area contributed by atoms with Gasteiger partial charge in [0.1, 0.15) is 5.75 Å². The summed E-state index contributed by atoms with van der Waals surface area (Å²) in [5.74, 6) is 0.520. The summed E-state index contributed by atoms with van der Waals surface area (Å²) < 4.78 is 10.3. The Morgan fingerprint density at radius 3 is 2.95 bits per heavy atom. The fraction of sp³-hybridized carbons (Fsp3) is 0.438. The summed E-state index contributed by atoms with van der Waals surface area (Å²) in [7, 11) is 1.60. The summed E-state index contributed by atoms with van der Waals surface area (Å²) in [4.78, 5) is 11.8. The molecular weight excluding hydrogens is 270 g/mol. The zero-order chi connectivity index (χ0) is 15.1. The van der Waals surface area contributed by atoms with Crippen molar-refractivity contribution < 1.29 is 19.4 Å². The predicted molar refractivity (Wildman–Crippen MR) is 80.0 cm³/mol. The van der Waals surface area contributed by atoms with Crippen LogP contribution in [0.4, 0.5) is 0 Å². The highest BCUT2D eigenvalue weighted by atomic mass is 16.5. The predicted octanol–water partition coefficient (Wildman–Crippen LogP) is 1.37. The van der Waals surface area contributed by atoms with Crippen molar-refractivity contribution in [1.29, 1.82) is 0 Å². The largest absolute Gasteiger partial charge is 0.497 e. The van der Waals surface area contributed by atoms with Crippen LogP contribution in [-0.4, -0.2) is 43.5 Å². The first-order valence-electron chi connectivity index (χ1n) is 7.01. The minimum absolute atomic E-state index is 0.224. The molecule has 2 rings (SSSR count). The van der Waals surface area contributed by atoms with E-state index in [4.69, 9.17) is 9.47 Å². The van der Waals surface area contributed by atoms with Crippen molar-refractivity contribution in [3.05, 3.63) is 35.9 Å². The maximum absolute atomic E-state index is 11.8. The zero-order valence-electron chi connectivity index (χ0n) is 12.2. The highest BCUT2D eigenvalue weighted by Crippen LogP contribution is 2.19. The van der Waals surface area contributed by atoms with Gasteiger partial charge in [0, 0.05) is 38.7 Å². The number of carbonyl (C=O) groups is 1. The molecule has 0 aliphatic carbocycles. The van der Waals surface area contributed by atoms with Crippen molar-refractivity contribution in [1.82, 2.24) is 5.32 Å². The van der Waals surface area contributed by atoms with Gasteiger partial charge in [0.15, 0.2) is 0 Å². The zero-order valence-corrected chi connectivity index (χ0v) is 12.2. The molecular formula is C16H21NO4. The van der Waals surface area contributed by atoms with E-state index >= 15 is 0 Å². The number of hydrogen-bond acceptors (Lipinski definition) is 4. The molecule has 1 aliphatic heterocycles. The van der Waals surface area contributed by atoms with E-state index in [1.807, 2.05) is 24.3 Å². The van der Waals surface area contributed by atoms with Crippen molar-refractivity contribution in [3.63, 3.8) is 0 Å². The fourth-order valence-electron chi connectivity index (χ4n) is 2.16. The third-order valence-corrected chi connectivity index (χ3v) is 3.54. The lowest BCUT2D eigenvalue weighted by Crippen LogP contribution is -2.46. The second kappa shape index (κ2) is 7.24. The molecule has 0 spiro atoms. The van der Waals surface area contributed by atoms with Gasteiger partial charge in [-0.25, -0.2) is 0 Å². The van der Waals surface area contributed by atoms with E-state index in [0.717, 1.165) is 11.3 Å². The van der Waals surface area contributed by atoms with Crippen molar-refractivity contribution in [2.45, 2.75) is 18.4 Å². The van der Waals surface area contributed by atoms with Gasteiger partial charge in [0.05, 0.1) is 12.7 Å². The normalized spacial score (nSPS) is 17.6. The maximum Gasteiger partial charge on any atom is 0.244 e. The number of ether oxygens (including phenoxy) is 2. The minimum atomic E-state index is -0.849. The lowest BCUT2D eigenvalue weighted by atomic mass is 9.94. The van der Waals surface area contributed by atoms with E-state index in [9.17, 15) is 9.90 Å². The van der Waals surface area contributed by atoms with E-state index in [1.165, 1.54) is 6.08 Å². The summed E-state index contributed by atoms with van der Waals surface area (Å²) >= 11 is 0. The number of nitrogens with one attached hydrogen (secondary N) is 1. The van der Waals surface area contributed by atoms with E-state index < -0.39 is 5.60 Å². The van der Waals surface area contributed by atoms with Crippen molar-refractivity contribution in [2.24, 2.45) is 0 Å². The van der Waals surface area contributed by atoms with E-state index in [2.05, 4.69) is 5.32 Å². The average Bonchev–Trinajstić information content (AvgIpc) is 2.52. The molecule has 1 heterocycles. The third-order valence-electron chi connectivity index (χ3n) is 3.54. The van der Waals surface area contributed by atoms with Gasteiger partial charge in [-0.1, -0.05) is 12.1 Å². The van der Waals surface area contributed by atoms with Crippen molar-refractivity contribution >= 4 is 12.0 Å². The molecule has 0 unspecified atom stereocenters. The smallest absolute Gasteiger partial charge is 0.244 e. The molecule has 1 fully saturated rings. The Labute approximate surface area is 124 Å². The number of rotatable bonds is 5. The van der Waals surface area contributed by atoms with E-state index in [0.29, 0.717) is 26.1 Å². The van der Waals surface area contributed by atoms with Crippen LogP contribution in [0.15, 0.2) is 30.3 Å². The number of carbonyl (C=O) groups excluding carboxylic acids is 1. The summed E-state index contributed by atoms with van der Waals surface area (Å²) in [5.41, 5.74) is 0.0341. The molecule has 5 nitrogen and oxygen atoms in total. The third kappa shape index (κ3) is 4.88. The number of methoxy groups -OCH3 is 1. The van der Waals surface area contributed by atoms with Gasteiger partial charge in [0.25, 0.3) is 0 Å². The van der Waals surface area contributed by atoms with Crippen LogP contribution in [0.5, 0.6) is 5.75 Å². The van der Waals surface area contributed by atoms with Crippen molar-refractivity contribution in [2.75, 3.05) is 26.9 Å². The Morgan fingerprint density at radius 1 is 1.48 bits per heavy atom. The molecule has 0 bridgehead atoms. The quantitative estimate of drug-likeness (QED) is 0.804. The topological polar surface area (TPSA) is 67.8 Å². The summed E-state index contributed by atoms with van der Waals surface area (Å²) in [6, 6.07) is 7.44. The lowest BCUT2D eigenvalue weighted by Gasteiger charge is -2.31. The highest BCUT2D eigenvalue weighted by Gasteiger charge is 2.29. The first-order chi connectivity index (χ1) is 10.1. The summed E-state index contributed by atoms with van der Waals surface area (Å²) in [6.45, 7) is 1.32. The van der Waals surface area contributed by atoms with Crippen LogP contribution in [0, 0.1) is 0 Å². The molecule has 0 atom stereocenters. The molecule has 0 radical (unpaired) electrons. The summed E-state index contributed by atoms with van der Waals surface area (Å²) in [6.07, 6.45) is 4.27. The monoisotopic (exact) mass is 291 g/mol. The molecule has 1 saturated heterocycles. The van der Waals surface area contributed by atoms with Crippen LogP contribution in [0.25, 0.3) is 6.08 Å². The van der Waals surface area contributed by atoms with Crippen LogP contribution in [0.2, 0.25) is 0 Å². The maximum atomic E-state index is 11.8. The molecule has 1 aromatic rings. The van der Waals surface area contributed by atoms with E-state index in [-0.39, 0.29) is 12.5 Å². The molecule has 2 N–H and O–H groups in total. The Bertz CT molecular complexity index is 507. The Morgan fingerprint density at radius 2 is 2.24 bits per heavy atom. The molecule has 0 aromatic heterocycles. The van der Waals surface area contributed by atoms with Gasteiger partial charge >= 0.3 is 0 Å². The molecule has 5 heteroatoms. The Balaban J connectivity index is 1.84. The first-order valence-corrected chi connectivity index (χ1v) is 7.01. The number of aliphatic hydroxyl groups is 1. The molecule has 0 saturated carbocycles. The second-order valence-corrected chi connectivity index (χ2v) is 5.16. The van der Waals surface area contributed by atoms with Crippen LogP contribution in [0.1, 0.15) is 18.4 Å². The molecule has 114 valence electrons. The molecule has 1 aliphatic rings. The van der Waals surface area contributed by atoms with Crippen LogP contribution < -0.4 is 10.1 Å². The Kier molecular flexibility index (Phi) is 5.36. The van der Waals surface area contributed by atoms with Gasteiger partial charge < -0.3 is 19.9 Å². The van der Waals surface area contributed by atoms with Gasteiger partial charge in [-0.15, -0.1) is 0 Å². The number of amides is 1. The molecule has 1 amide bonds. The van der Waals surface area contributed by atoms with Crippen molar-refractivity contribution in [3.8, 4) is 5.75 Å². The summed E-state index contributed by atoms with van der Waals surface area (Å²) in [5, 5.41) is 13.0. The lowest BCUT2D eigenvalue weighted by molar-refractivity contribution is -0.119. The number of benzene rings is 1.